The molecule has 0 saturated carbocycles. The zero-order valence-corrected chi connectivity index (χ0v) is 11.1. The molecule has 0 aromatic heterocycles. The quantitative estimate of drug-likeness (QED) is 0.803. The van der Waals surface area contributed by atoms with Crippen molar-refractivity contribution in [1.29, 1.82) is 0 Å². The second-order valence-electron chi connectivity index (χ2n) is 4.86. The Kier molecular flexibility index (Phi) is 3.66. The Morgan fingerprint density at radius 1 is 1.39 bits per heavy atom. The maximum absolute atomic E-state index is 9.21. The van der Waals surface area contributed by atoms with E-state index in [1.54, 1.807) is 0 Å². The highest BCUT2D eigenvalue weighted by Gasteiger charge is 2.36. The van der Waals surface area contributed by atoms with E-state index >= 15 is 0 Å². The summed E-state index contributed by atoms with van der Waals surface area (Å²) in [6.07, 6.45) is 1.89. The molecule has 0 spiro atoms. The Bertz CT molecular complexity index is 416. The molecule has 0 amide bonds. The number of hydrogen-bond donors (Lipinski definition) is 2. The predicted octanol–water partition coefficient (Wildman–Crippen LogP) is 2.02. The topological polar surface area (TPSA) is 58.7 Å². The number of nitrogens with two attached hydrogens (primary N) is 1. The average Bonchev–Trinajstić information content (AvgIpc) is 2.38. The first-order valence-electron chi connectivity index (χ1n) is 6.58. The lowest BCUT2D eigenvalue weighted by atomic mass is 9.94. The smallest absolute Gasteiger partial charge is 0.145 e. The largest absolute Gasteiger partial charge is 0.483 e. The summed E-state index contributed by atoms with van der Waals surface area (Å²) in [6, 6.07) is 5.71. The van der Waals surface area contributed by atoms with E-state index in [0.717, 1.165) is 30.8 Å². The van der Waals surface area contributed by atoms with Crippen LogP contribution in [-0.4, -0.2) is 30.4 Å². The molecule has 3 N–H and O–H groups in total. The minimum Gasteiger partial charge on any atom is -0.483 e. The summed E-state index contributed by atoms with van der Waals surface area (Å²) in [7, 11) is 0. The lowest BCUT2D eigenvalue weighted by Crippen LogP contribution is -2.51. The third-order valence-electron chi connectivity index (χ3n) is 3.79. The second-order valence-corrected chi connectivity index (χ2v) is 4.86. The number of hydrogen-bond acceptors (Lipinski definition) is 4. The number of fused-ring (bicyclic) bond motifs is 1. The molecule has 1 aliphatic rings. The van der Waals surface area contributed by atoms with Crippen molar-refractivity contribution in [2.24, 2.45) is 0 Å². The molecule has 1 aromatic rings. The van der Waals surface area contributed by atoms with Crippen molar-refractivity contribution in [3.63, 3.8) is 0 Å². The number of β-amino-alcohol motifs (C(OH)–C–C–N with tert-alkyl or cyclic N) is 1. The van der Waals surface area contributed by atoms with Crippen LogP contribution in [0.25, 0.3) is 0 Å². The van der Waals surface area contributed by atoms with Gasteiger partial charge in [-0.3, -0.25) is 0 Å². The number of aliphatic hydroxyl groups excluding tert-OH is 1. The van der Waals surface area contributed by atoms with Gasteiger partial charge in [-0.1, -0.05) is 13.8 Å². The Morgan fingerprint density at radius 3 is 2.72 bits per heavy atom. The van der Waals surface area contributed by atoms with Crippen LogP contribution in [0.15, 0.2) is 18.2 Å². The van der Waals surface area contributed by atoms with Crippen LogP contribution in [-0.2, 0) is 0 Å². The van der Waals surface area contributed by atoms with E-state index in [1.165, 1.54) is 0 Å². The van der Waals surface area contributed by atoms with E-state index in [1.807, 2.05) is 18.2 Å². The van der Waals surface area contributed by atoms with E-state index in [4.69, 9.17) is 10.5 Å². The summed E-state index contributed by atoms with van der Waals surface area (Å²) in [5.74, 6) is 0.832. The van der Waals surface area contributed by atoms with Crippen molar-refractivity contribution in [2.75, 3.05) is 30.3 Å². The van der Waals surface area contributed by atoms with Crippen LogP contribution >= 0.6 is 0 Å². The van der Waals surface area contributed by atoms with Crippen LogP contribution < -0.4 is 15.4 Å². The lowest BCUT2D eigenvalue weighted by Gasteiger charge is -2.44. The van der Waals surface area contributed by atoms with Gasteiger partial charge in [-0.2, -0.15) is 0 Å². The van der Waals surface area contributed by atoms with Crippen molar-refractivity contribution >= 4 is 11.4 Å². The van der Waals surface area contributed by atoms with Crippen LogP contribution in [0.5, 0.6) is 5.75 Å². The summed E-state index contributed by atoms with van der Waals surface area (Å²) in [4.78, 5) is 2.19. The predicted molar refractivity (Wildman–Crippen MR) is 74.1 cm³/mol. The first-order valence-corrected chi connectivity index (χ1v) is 6.58. The van der Waals surface area contributed by atoms with Crippen molar-refractivity contribution < 1.29 is 9.84 Å². The van der Waals surface area contributed by atoms with Gasteiger partial charge in [-0.15, -0.1) is 0 Å². The van der Waals surface area contributed by atoms with E-state index in [2.05, 4.69) is 18.7 Å². The fourth-order valence-corrected chi connectivity index (χ4v) is 2.51. The standard InChI is InChI=1S/C14H22N2O2/c1-3-14(4-2)10-16(7-8-17)12-6-5-11(15)9-13(12)18-14/h5-6,9,17H,3-4,7-8,10,15H2,1-2H3. The molecule has 0 radical (unpaired) electrons. The molecule has 0 bridgehead atoms. The molecule has 4 heteroatoms. The number of rotatable bonds is 4. The number of nitrogens with zero attached hydrogens (tertiary/aromatic N) is 1. The van der Waals surface area contributed by atoms with Gasteiger partial charge in [0.1, 0.15) is 11.4 Å². The SMILES string of the molecule is CCC1(CC)CN(CCO)c2ccc(N)cc2O1. The Hall–Kier alpha value is -1.42. The zero-order valence-electron chi connectivity index (χ0n) is 11.1. The number of aliphatic hydroxyl groups is 1. The van der Waals surface area contributed by atoms with Crippen LogP contribution in [0.3, 0.4) is 0 Å². The van der Waals surface area contributed by atoms with Gasteiger partial charge < -0.3 is 20.5 Å². The van der Waals surface area contributed by atoms with Crippen molar-refractivity contribution in [1.82, 2.24) is 0 Å². The zero-order chi connectivity index (χ0) is 13.2. The third kappa shape index (κ3) is 2.25. The third-order valence-corrected chi connectivity index (χ3v) is 3.79. The summed E-state index contributed by atoms with van der Waals surface area (Å²) in [5.41, 5.74) is 7.39. The van der Waals surface area contributed by atoms with Gasteiger partial charge in [0, 0.05) is 18.3 Å². The fourth-order valence-electron chi connectivity index (χ4n) is 2.51. The molecule has 4 nitrogen and oxygen atoms in total. The summed E-state index contributed by atoms with van der Waals surface area (Å²) in [6.45, 7) is 5.86. The Labute approximate surface area is 108 Å². The normalized spacial score (nSPS) is 17.2. The van der Waals surface area contributed by atoms with Gasteiger partial charge in [0.05, 0.1) is 18.8 Å². The van der Waals surface area contributed by atoms with E-state index < -0.39 is 0 Å². The maximum atomic E-state index is 9.21. The van der Waals surface area contributed by atoms with Crippen LogP contribution in [0.4, 0.5) is 11.4 Å². The minimum absolute atomic E-state index is 0.146. The molecule has 1 aromatic carbocycles. The van der Waals surface area contributed by atoms with Gasteiger partial charge in [0.2, 0.25) is 0 Å². The second kappa shape index (κ2) is 5.06. The minimum atomic E-state index is -0.171. The summed E-state index contributed by atoms with van der Waals surface area (Å²) in [5, 5.41) is 9.21. The van der Waals surface area contributed by atoms with E-state index in [0.29, 0.717) is 12.2 Å². The number of benzene rings is 1. The van der Waals surface area contributed by atoms with Gasteiger partial charge in [-0.05, 0) is 25.0 Å². The highest BCUT2D eigenvalue weighted by atomic mass is 16.5. The molecular formula is C14H22N2O2. The first kappa shape index (κ1) is 13.0. The Morgan fingerprint density at radius 2 is 2.11 bits per heavy atom. The lowest BCUT2D eigenvalue weighted by molar-refractivity contribution is 0.0565. The van der Waals surface area contributed by atoms with Crippen LogP contribution in [0.1, 0.15) is 26.7 Å². The molecule has 18 heavy (non-hydrogen) atoms. The summed E-state index contributed by atoms with van der Waals surface area (Å²) >= 11 is 0. The van der Waals surface area contributed by atoms with E-state index in [9.17, 15) is 5.11 Å². The van der Waals surface area contributed by atoms with Crippen molar-refractivity contribution in [3.05, 3.63) is 18.2 Å². The first-order chi connectivity index (χ1) is 8.64. The van der Waals surface area contributed by atoms with Crippen LogP contribution in [0, 0.1) is 0 Å². The highest BCUT2D eigenvalue weighted by molar-refractivity contribution is 5.65. The molecular weight excluding hydrogens is 228 g/mol. The summed E-state index contributed by atoms with van der Waals surface area (Å²) < 4.78 is 6.17. The molecule has 0 atom stereocenters. The number of anilines is 2. The number of nitrogen functional groups attached to an aromatic ring is 1. The van der Waals surface area contributed by atoms with Gasteiger partial charge in [0.15, 0.2) is 0 Å². The van der Waals surface area contributed by atoms with Gasteiger partial charge in [0.25, 0.3) is 0 Å². The molecule has 100 valence electrons. The number of ether oxygens (including phenoxy) is 1. The fraction of sp³-hybridized carbons (Fsp3) is 0.571. The maximum Gasteiger partial charge on any atom is 0.145 e. The monoisotopic (exact) mass is 250 g/mol. The van der Waals surface area contributed by atoms with Crippen molar-refractivity contribution in [3.8, 4) is 5.75 Å². The average molecular weight is 250 g/mol. The molecule has 0 aliphatic carbocycles. The molecule has 1 aliphatic heterocycles. The molecule has 0 fully saturated rings. The molecule has 0 saturated heterocycles. The van der Waals surface area contributed by atoms with Gasteiger partial charge >= 0.3 is 0 Å². The molecule has 2 rings (SSSR count). The molecule has 1 heterocycles. The van der Waals surface area contributed by atoms with Gasteiger partial charge in [-0.25, -0.2) is 0 Å². The van der Waals surface area contributed by atoms with Crippen molar-refractivity contribution in [2.45, 2.75) is 32.3 Å². The van der Waals surface area contributed by atoms with E-state index in [-0.39, 0.29) is 12.2 Å². The Balaban J connectivity index is 2.39. The highest BCUT2D eigenvalue weighted by Crippen LogP contribution is 2.40. The van der Waals surface area contributed by atoms with Crippen LogP contribution in [0.2, 0.25) is 0 Å². The molecule has 0 unspecified atom stereocenters.